The lowest BCUT2D eigenvalue weighted by Gasteiger charge is -2.03. The highest BCUT2D eigenvalue weighted by atomic mass is 19.1. The molecular weight excluding hydrogens is 367 g/mol. The van der Waals surface area contributed by atoms with Gasteiger partial charge in [-0.25, -0.2) is 4.39 Å². The predicted molar refractivity (Wildman–Crippen MR) is 114 cm³/mol. The number of aryl methyl sites for hydroxylation is 1. The van der Waals surface area contributed by atoms with Crippen molar-refractivity contribution in [2.75, 3.05) is 6.54 Å². The number of hydrogen-bond donors (Lipinski definition) is 2. The maximum Gasteiger partial charge on any atom is 0.167 e. The number of Topliss-reactive ketones (excluding diaryl/α,β-unsaturated/α-hetero) is 2. The number of fused-ring (bicyclic) bond motifs is 1. The lowest BCUT2D eigenvalue weighted by Crippen LogP contribution is -2.02. The van der Waals surface area contributed by atoms with Gasteiger partial charge in [-0.15, -0.1) is 0 Å². The molecule has 4 nitrogen and oxygen atoms in total. The molecule has 1 aliphatic carbocycles. The smallest absolute Gasteiger partial charge is 0.167 e. The molecule has 0 bridgehead atoms. The maximum atomic E-state index is 13.7. The van der Waals surface area contributed by atoms with Crippen LogP contribution in [0.4, 0.5) is 4.39 Å². The molecule has 154 valence electrons. The molecule has 1 aromatic heterocycles. The first-order chi connectivity index (χ1) is 13.9. The number of ketones is 2. The number of unbranched alkanes of at least 4 members (excludes halogenated alkanes) is 4. The molecule has 3 rings (SSSR count). The van der Waals surface area contributed by atoms with Gasteiger partial charge in [-0.05, 0) is 68.1 Å². The minimum Gasteiger partial charge on any atom is -0.358 e. The first-order valence-corrected chi connectivity index (χ1v) is 10.4. The number of aromatic nitrogens is 1. The highest BCUT2D eigenvalue weighted by Crippen LogP contribution is 2.33. The van der Waals surface area contributed by atoms with Gasteiger partial charge in [0, 0.05) is 35.4 Å². The van der Waals surface area contributed by atoms with Gasteiger partial charge in [0.1, 0.15) is 5.82 Å². The molecular formula is C24H29FN2O2. The fraction of sp³-hybridized carbons (Fsp3) is 0.417. The summed E-state index contributed by atoms with van der Waals surface area (Å²) >= 11 is 0. The Morgan fingerprint density at radius 3 is 2.66 bits per heavy atom. The van der Waals surface area contributed by atoms with Crippen molar-refractivity contribution in [3.05, 3.63) is 57.7 Å². The highest BCUT2D eigenvalue weighted by molar-refractivity contribution is 6.29. The minimum atomic E-state index is -0.355. The number of carbonyl (C=O) groups excluding carboxylic acids is 2. The molecule has 0 radical (unpaired) electrons. The fourth-order valence-corrected chi connectivity index (χ4v) is 4.10. The van der Waals surface area contributed by atoms with E-state index in [0.717, 1.165) is 61.2 Å². The zero-order valence-electron chi connectivity index (χ0n) is 17.2. The molecule has 1 aromatic carbocycles. The zero-order valence-corrected chi connectivity index (χ0v) is 17.2. The molecule has 1 aliphatic rings. The molecule has 0 atom stereocenters. The maximum absolute atomic E-state index is 13.7. The van der Waals surface area contributed by atoms with Gasteiger partial charge in [0.25, 0.3) is 0 Å². The molecule has 3 N–H and O–H groups in total. The van der Waals surface area contributed by atoms with Crippen LogP contribution in [-0.2, 0) is 11.2 Å². The van der Waals surface area contributed by atoms with Crippen LogP contribution in [0.15, 0.2) is 18.2 Å². The summed E-state index contributed by atoms with van der Waals surface area (Å²) in [4.78, 5) is 28.5. The van der Waals surface area contributed by atoms with Crippen LogP contribution in [0.5, 0.6) is 0 Å². The van der Waals surface area contributed by atoms with Gasteiger partial charge < -0.3 is 10.7 Å². The molecule has 1 heterocycles. The number of hydrogen-bond acceptors (Lipinski definition) is 3. The predicted octanol–water partition coefficient (Wildman–Crippen LogP) is 4.92. The Balaban J connectivity index is 1.77. The molecule has 0 spiro atoms. The van der Waals surface area contributed by atoms with Crippen LogP contribution in [0, 0.1) is 19.7 Å². The van der Waals surface area contributed by atoms with Crippen LogP contribution in [0.1, 0.15) is 77.0 Å². The highest BCUT2D eigenvalue weighted by Gasteiger charge is 2.26. The van der Waals surface area contributed by atoms with Crippen molar-refractivity contribution >= 4 is 23.2 Å². The van der Waals surface area contributed by atoms with Crippen LogP contribution in [-0.4, -0.2) is 23.1 Å². The second kappa shape index (κ2) is 9.31. The Kier molecular flexibility index (Phi) is 6.80. The first-order valence-electron chi connectivity index (χ1n) is 10.4. The Hall–Kier alpha value is -2.53. The Labute approximate surface area is 171 Å². The third-order valence-corrected chi connectivity index (χ3v) is 5.67. The van der Waals surface area contributed by atoms with Gasteiger partial charge >= 0.3 is 0 Å². The standard InChI is InChI=1S/C24H29FN2O2/c1-15-21(14-20-19-13-18(25)10-9-17(19)12-23(20)29)27-16(2)24(15)22(28)8-6-4-3-5-7-11-26/h9-10,13-14,27H,3-8,11-12,26H2,1-2H3/b20-14-. The van der Waals surface area contributed by atoms with Crippen LogP contribution < -0.4 is 5.73 Å². The summed E-state index contributed by atoms with van der Waals surface area (Å²) < 4.78 is 13.7. The summed E-state index contributed by atoms with van der Waals surface area (Å²) in [5.41, 5.74) is 10.6. The van der Waals surface area contributed by atoms with Gasteiger partial charge in [-0.3, -0.25) is 9.59 Å². The molecule has 0 saturated carbocycles. The van der Waals surface area contributed by atoms with E-state index in [1.54, 1.807) is 12.1 Å². The minimum absolute atomic E-state index is 0.0254. The van der Waals surface area contributed by atoms with E-state index in [-0.39, 0.29) is 23.8 Å². The van der Waals surface area contributed by atoms with E-state index in [4.69, 9.17) is 5.73 Å². The summed E-state index contributed by atoms with van der Waals surface area (Å²) in [6, 6.07) is 4.46. The van der Waals surface area contributed by atoms with E-state index >= 15 is 0 Å². The van der Waals surface area contributed by atoms with Gasteiger partial charge in [0.15, 0.2) is 11.6 Å². The third-order valence-electron chi connectivity index (χ3n) is 5.67. The third kappa shape index (κ3) is 4.73. The molecule has 29 heavy (non-hydrogen) atoms. The van der Waals surface area contributed by atoms with Crippen molar-refractivity contribution in [1.82, 2.24) is 4.98 Å². The van der Waals surface area contributed by atoms with Crippen LogP contribution in [0.3, 0.4) is 0 Å². The number of benzene rings is 1. The normalized spacial score (nSPS) is 14.6. The summed E-state index contributed by atoms with van der Waals surface area (Å²) in [6.07, 6.45) is 7.72. The first kappa shape index (κ1) is 21.2. The Morgan fingerprint density at radius 2 is 1.90 bits per heavy atom. The van der Waals surface area contributed by atoms with Crippen LogP contribution in [0.25, 0.3) is 11.6 Å². The zero-order chi connectivity index (χ0) is 21.0. The largest absolute Gasteiger partial charge is 0.358 e. The molecule has 0 unspecified atom stereocenters. The number of nitrogens with two attached hydrogens (primary N) is 1. The van der Waals surface area contributed by atoms with Gasteiger partial charge in [0.2, 0.25) is 0 Å². The second-order valence-electron chi connectivity index (χ2n) is 7.85. The molecule has 5 heteroatoms. The monoisotopic (exact) mass is 396 g/mol. The van der Waals surface area contributed by atoms with Crippen molar-refractivity contribution in [2.45, 2.75) is 58.8 Å². The average molecular weight is 397 g/mol. The second-order valence-corrected chi connectivity index (χ2v) is 7.85. The van der Waals surface area contributed by atoms with E-state index in [0.29, 0.717) is 23.1 Å². The van der Waals surface area contributed by atoms with Crippen molar-refractivity contribution in [3.8, 4) is 0 Å². The number of rotatable bonds is 9. The number of H-pyrrole nitrogens is 1. The lowest BCUT2D eigenvalue weighted by molar-refractivity contribution is -0.112. The average Bonchev–Trinajstić information content (AvgIpc) is 3.14. The van der Waals surface area contributed by atoms with Crippen molar-refractivity contribution < 1.29 is 14.0 Å². The lowest BCUT2D eigenvalue weighted by atomic mass is 9.99. The van der Waals surface area contributed by atoms with E-state index in [9.17, 15) is 14.0 Å². The van der Waals surface area contributed by atoms with Crippen LogP contribution in [0.2, 0.25) is 0 Å². The number of halogens is 1. The van der Waals surface area contributed by atoms with Crippen molar-refractivity contribution in [1.29, 1.82) is 0 Å². The van der Waals surface area contributed by atoms with Crippen molar-refractivity contribution in [2.24, 2.45) is 5.73 Å². The molecule has 2 aromatic rings. The number of carbonyl (C=O) groups is 2. The van der Waals surface area contributed by atoms with E-state index in [2.05, 4.69) is 4.98 Å². The summed E-state index contributed by atoms with van der Waals surface area (Å²) in [7, 11) is 0. The quantitative estimate of drug-likeness (QED) is 0.359. The summed E-state index contributed by atoms with van der Waals surface area (Å²) in [6.45, 7) is 4.50. The summed E-state index contributed by atoms with van der Waals surface area (Å²) in [5, 5.41) is 0. The number of aromatic amines is 1. The topological polar surface area (TPSA) is 76.0 Å². The van der Waals surface area contributed by atoms with Gasteiger partial charge in [-0.1, -0.05) is 25.3 Å². The Bertz CT molecular complexity index is 956. The molecule has 0 aliphatic heterocycles. The van der Waals surface area contributed by atoms with E-state index < -0.39 is 0 Å². The SMILES string of the molecule is Cc1[nH]c(/C=C2\C(=O)Cc3ccc(F)cc32)c(C)c1C(=O)CCCCCCCN. The van der Waals surface area contributed by atoms with Crippen LogP contribution >= 0.6 is 0 Å². The number of allylic oxidation sites excluding steroid dienone is 1. The Morgan fingerprint density at radius 1 is 1.17 bits per heavy atom. The summed E-state index contributed by atoms with van der Waals surface area (Å²) in [5.74, 6) is -0.252. The molecule has 0 fully saturated rings. The fourth-order valence-electron chi connectivity index (χ4n) is 4.10. The van der Waals surface area contributed by atoms with Crippen molar-refractivity contribution in [3.63, 3.8) is 0 Å². The van der Waals surface area contributed by atoms with E-state index in [1.165, 1.54) is 12.1 Å². The number of nitrogens with one attached hydrogen (secondary N) is 1. The molecule has 0 saturated heterocycles. The van der Waals surface area contributed by atoms with Gasteiger partial charge in [0.05, 0.1) is 0 Å². The van der Waals surface area contributed by atoms with Gasteiger partial charge in [-0.2, -0.15) is 0 Å². The molecule has 0 amide bonds. The van der Waals surface area contributed by atoms with E-state index in [1.807, 2.05) is 13.8 Å².